The Hall–Kier alpha value is -2.41. The van der Waals surface area contributed by atoms with Crippen molar-refractivity contribution in [3.05, 3.63) is 65.0 Å². The summed E-state index contributed by atoms with van der Waals surface area (Å²) in [6.07, 6.45) is 1.54. The second kappa shape index (κ2) is 8.99. The second-order valence-corrected chi connectivity index (χ2v) is 8.42. The number of hydrogen-bond donors (Lipinski definition) is 1. The Morgan fingerprint density at radius 1 is 1.07 bits per heavy atom. The molecule has 0 spiro atoms. The molecule has 2 aromatic carbocycles. The minimum absolute atomic E-state index is 0.0259. The second-order valence-electron chi connectivity index (χ2n) is 6.52. The Morgan fingerprint density at radius 3 is 2.30 bits per heavy atom. The van der Waals surface area contributed by atoms with Crippen molar-refractivity contribution in [2.24, 2.45) is 0 Å². The first-order valence-electron chi connectivity index (χ1n) is 8.74. The standard InChI is InChI=1S/C20H25FN2O3S/c1-15-7-6-8-16(2)20(15)23(27(3,25)26)14-12-19(24)22-13-11-17-9-4-5-10-18(17)21/h4-10H,11-14H2,1-3H3,(H,22,24). The molecule has 0 aliphatic rings. The number of carbonyl (C=O) groups excluding carboxylic acids is 1. The number of para-hydroxylation sites is 1. The van der Waals surface area contributed by atoms with Gasteiger partial charge in [0.1, 0.15) is 5.82 Å². The largest absolute Gasteiger partial charge is 0.356 e. The first-order valence-corrected chi connectivity index (χ1v) is 10.6. The molecular weight excluding hydrogens is 367 g/mol. The van der Waals surface area contributed by atoms with E-state index in [1.165, 1.54) is 10.4 Å². The highest BCUT2D eigenvalue weighted by Gasteiger charge is 2.21. The van der Waals surface area contributed by atoms with Crippen molar-refractivity contribution in [1.82, 2.24) is 5.32 Å². The summed E-state index contributed by atoms with van der Waals surface area (Å²) in [6, 6.07) is 12.0. The molecule has 0 atom stereocenters. The maximum absolute atomic E-state index is 13.6. The summed E-state index contributed by atoms with van der Waals surface area (Å²) in [5, 5.41) is 2.72. The van der Waals surface area contributed by atoms with Gasteiger partial charge in [-0.2, -0.15) is 0 Å². The van der Waals surface area contributed by atoms with E-state index in [2.05, 4.69) is 5.32 Å². The average Bonchev–Trinajstić information content (AvgIpc) is 2.58. The van der Waals surface area contributed by atoms with Crippen molar-refractivity contribution < 1.29 is 17.6 Å². The smallest absolute Gasteiger partial charge is 0.232 e. The van der Waals surface area contributed by atoms with E-state index in [0.717, 1.165) is 17.4 Å². The molecule has 0 aromatic heterocycles. The molecule has 2 aromatic rings. The Balaban J connectivity index is 1.97. The molecule has 0 unspecified atom stereocenters. The van der Waals surface area contributed by atoms with Crippen LogP contribution in [0.2, 0.25) is 0 Å². The summed E-state index contributed by atoms with van der Waals surface area (Å²) in [6.45, 7) is 4.03. The molecule has 0 aliphatic carbocycles. The van der Waals surface area contributed by atoms with Crippen molar-refractivity contribution >= 4 is 21.6 Å². The fourth-order valence-corrected chi connectivity index (χ4v) is 4.01. The predicted molar refractivity (Wildman–Crippen MR) is 106 cm³/mol. The fourth-order valence-electron chi connectivity index (χ4n) is 2.97. The summed E-state index contributed by atoms with van der Waals surface area (Å²) in [5.41, 5.74) is 2.81. The molecule has 0 heterocycles. The van der Waals surface area contributed by atoms with Gasteiger partial charge in [0.05, 0.1) is 11.9 Å². The van der Waals surface area contributed by atoms with Gasteiger partial charge in [0, 0.05) is 19.5 Å². The Kier molecular flexibility index (Phi) is 6.96. The van der Waals surface area contributed by atoms with Crippen LogP contribution < -0.4 is 9.62 Å². The normalized spacial score (nSPS) is 11.3. The van der Waals surface area contributed by atoms with E-state index in [4.69, 9.17) is 0 Å². The van der Waals surface area contributed by atoms with E-state index in [9.17, 15) is 17.6 Å². The Morgan fingerprint density at radius 2 is 1.70 bits per heavy atom. The van der Waals surface area contributed by atoms with E-state index >= 15 is 0 Å². The topological polar surface area (TPSA) is 66.5 Å². The number of carbonyl (C=O) groups is 1. The SMILES string of the molecule is Cc1cccc(C)c1N(CCC(=O)NCCc1ccccc1F)S(C)(=O)=O. The molecule has 5 nitrogen and oxygen atoms in total. The lowest BCUT2D eigenvalue weighted by Crippen LogP contribution is -2.36. The van der Waals surface area contributed by atoms with Crippen LogP contribution in [-0.4, -0.2) is 33.7 Å². The third kappa shape index (κ3) is 5.79. The first-order chi connectivity index (χ1) is 12.7. The van der Waals surface area contributed by atoms with Crippen LogP contribution in [-0.2, 0) is 21.2 Å². The molecule has 0 aliphatic heterocycles. The third-order valence-corrected chi connectivity index (χ3v) is 5.47. The molecule has 0 bridgehead atoms. The third-order valence-electron chi connectivity index (χ3n) is 4.31. The van der Waals surface area contributed by atoms with E-state index < -0.39 is 10.0 Å². The zero-order valence-electron chi connectivity index (χ0n) is 15.8. The quantitative estimate of drug-likeness (QED) is 0.751. The Labute approximate surface area is 160 Å². The van der Waals surface area contributed by atoms with Gasteiger partial charge in [-0.3, -0.25) is 9.10 Å². The number of amides is 1. The van der Waals surface area contributed by atoms with Gasteiger partial charge in [-0.25, -0.2) is 12.8 Å². The zero-order chi connectivity index (χ0) is 20.0. The van der Waals surface area contributed by atoms with Crippen molar-refractivity contribution in [3.8, 4) is 0 Å². The predicted octanol–water partition coefficient (Wildman–Crippen LogP) is 2.96. The van der Waals surface area contributed by atoms with Crippen molar-refractivity contribution in [2.45, 2.75) is 26.7 Å². The summed E-state index contributed by atoms with van der Waals surface area (Å²) < 4.78 is 39.3. The highest BCUT2D eigenvalue weighted by atomic mass is 32.2. The number of halogens is 1. The molecule has 1 amide bonds. The van der Waals surface area contributed by atoms with Crippen molar-refractivity contribution in [3.63, 3.8) is 0 Å². The lowest BCUT2D eigenvalue weighted by atomic mass is 10.1. The molecule has 2 rings (SSSR count). The number of anilines is 1. The minimum Gasteiger partial charge on any atom is -0.356 e. The van der Waals surface area contributed by atoms with Crippen LogP contribution in [0, 0.1) is 19.7 Å². The molecule has 7 heteroatoms. The number of rotatable bonds is 8. The van der Waals surface area contributed by atoms with E-state index in [0.29, 0.717) is 24.2 Å². The van der Waals surface area contributed by atoms with Crippen molar-refractivity contribution in [2.75, 3.05) is 23.7 Å². The van der Waals surface area contributed by atoms with Gasteiger partial charge < -0.3 is 5.32 Å². The summed E-state index contributed by atoms with van der Waals surface area (Å²) in [5.74, 6) is -0.573. The summed E-state index contributed by atoms with van der Waals surface area (Å²) >= 11 is 0. The summed E-state index contributed by atoms with van der Waals surface area (Å²) in [7, 11) is -3.52. The van der Waals surface area contributed by atoms with Gasteiger partial charge in [0.25, 0.3) is 0 Å². The maximum atomic E-state index is 13.6. The van der Waals surface area contributed by atoms with E-state index in [1.54, 1.807) is 18.2 Å². The van der Waals surface area contributed by atoms with Gasteiger partial charge in [0.15, 0.2) is 0 Å². The average molecular weight is 392 g/mol. The van der Waals surface area contributed by atoms with Gasteiger partial charge in [-0.1, -0.05) is 36.4 Å². The highest BCUT2D eigenvalue weighted by Crippen LogP contribution is 2.26. The number of sulfonamides is 1. The van der Waals surface area contributed by atoms with Crippen LogP contribution in [0.15, 0.2) is 42.5 Å². The van der Waals surface area contributed by atoms with Crippen molar-refractivity contribution in [1.29, 1.82) is 0 Å². The van der Waals surface area contributed by atoms with Gasteiger partial charge in [-0.15, -0.1) is 0 Å². The fraction of sp³-hybridized carbons (Fsp3) is 0.350. The molecule has 1 N–H and O–H groups in total. The van der Waals surface area contributed by atoms with Gasteiger partial charge in [-0.05, 0) is 43.0 Å². The zero-order valence-corrected chi connectivity index (χ0v) is 16.6. The number of nitrogens with one attached hydrogen (secondary N) is 1. The molecule has 0 fully saturated rings. The van der Waals surface area contributed by atoms with E-state index in [-0.39, 0.29) is 24.7 Å². The van der Waals surface area contributed by atoms with E-state index in [1.807, 2.05) is 32.0 Å². The lowest BCUT2D eigenvalue weighted by molar-refractivity contribution is -0.120. The van der Waals surface area contributed by atoms with Crippen LogP contribution in [0.3, 0.4) is 0 Å². The van der Waals surface area contributed by atoms with Crippen LogP contribution in [0.25, 0.3) is 0 Å². The number of nitrogens with zero attached hydrogens (tertiary/aromatic N) is 1. The van der Waals surface area contributed by atoms with Crippen LogP contribution >= 0.6 is 0 Å². The van der Waals surface area contributed by atoms with Crippen LogP contribution in [0.1, 0.15) is 23.1 Å². The summed E-state index contributed by atoms with van der Waals surface area (Å²) in [4.78, 5) is 12.1. The number of hydrogen-bond acceptors (Lipinski definition) is 3. The maximum Gasteiger partial charge on any atom is 0.232 e. The van der Waals surface area contributed by atoms with Gasteiger partial charge in [0.2, 0.25) is 15.9 Å². The monoisotopic (exact) mass is 392 g/mol. The molecule has 0 saturated carbocycles. The minimum atomic E-state index is -3.52. The lowest BCUT2D eigenvalue weighted by Gasteiger charge is -2.25. The molecule has 0 saturated heterocycles. The van der Waals surface area contributed by atoms with Crippen LogP contribution in [0.5, 0.6) is 0 Å². The molecule has 27 heavy (non-hydrogen) atoms. The highest BCUT2D eigenvalue weighted by molar-refractivity contribution is 7.92. The molecule has 146 valence electrons. The van der Waals surface area contributed by atoms with Crippen LogP contribution in [0.4, 0.5) is 10.1 Å². The molecule has 0 radical (unpaired) electrons. The first kappa shape index (κ1) is 20.9. The van der Waals surface area contributed by atoms with Gasteiger partial charge >= 0.3 is 0 Å². The number of aryl methyl sites for hydroxylation is 2. The Bertz CT molecular complexity index is 893. The molecular formula is C20H25FN2O3S. The number of benzene rings is 2.